The summed E-state index contributed by atoms with van der Waals surface area (Å²) in [6, 6.07) is 15.5. The molecule has 0 bridgehead atoms. The number of para-hydroxylation sites is 1. The van der Waals surface area contributed by atoms with Crippen LogP contribution in [0.2, 0.25) is 5.02 Å². The Hall–Kier alpha value is -2.61. The number of carbonyl (C=O) groups excluding carboxylic acids is 2. The maximum atomic E-state index is 13.7. The Morgan fingerprint density at radius 1 is 1.03 bits per heavy atom. The summed E-state index contributed by atoms with van der Waals surface area (Å²) in [6.07, 6.45) is 0.221. The molecular weight excluding hydrogens is 446 g/mol. The molecule has 0 spiro atoms. The third kappa shape index (κ3) is 4.45. The first-order chi connectivity index (χ1) is 16.0. The molecule has 0 radical (unpaired) electrons. The highest BCUT2D eigenvalue weighted by atomic mass is 35.5. The zero-order valence-electron chi connectivity index (χ0n) is 18.7. The van der Waals surface area contributed by atoms with Gasteiger partial charge in [0.05, 0.1) is 25.5 Å². The van der Waals surface area contributed by atoms with Crippen molar-refractivity contribution >= 4 is 29.2 Å². The highest BCUT2D eigenvalue weighted by molar-refractivity contribution is 6.30. The van der Waals surface area contributed by atoms with Crippen molar-refractivity contribution in [3.63, 3.8) is 0 Å². The van der Waals surface area contributed by atoms with E-state index in [9.17, 15) is 9.59 Å². The molecule has 8 heteroatoms. The van der Waals surface area contributed by atoms with E-state index < -0.39 is 29.7 Å². The van der Waals surface area contributed by atoms with E-state index in [4.69, 9.17) is 30.6 Å². The van der Waals surface area contributed by atoms with Crippen molar-refractivity contribution in [2.75, 3.05) is 24.9 Å². The highest BCUT2D eigenvalue weighted by Gasteiger charge is 2.62. The normalized spacial score (nSPS) is 24.0. The van der Waals surface area contributed by atoms with Crippen molar-refractivity contribution in [2.45, 2.75) is 39.0 Å². The molecule has 0 unspecified atom stereocenters. The summed E-state index contributed by atoms with van der Waals surface area (Å²) in [6.45, 7) is 4.18. The SMILES string of the molecule is CCOC(=O)C1(C(=O)OCC)C[C@@H]2CCO[C@@H]2ON(c2ccccc2)[C@@H]1c1ccc(Cl)cc1. The van der Waals surface area contributed by atoms with Crippen molar-refractivity contribution in [1.29, 1.82) is 0 Å². The number of hydroxylamine groups is 1. The third-order valence-corrected chi connectivity index (χ3v) is 6.39. The number of carbonyl (C=O) groups is 2. The summed E-state index contributed by atoms with van der Waals surface area (Å²) in [5.74, 6) is -1.47. The fourth-order valence-electron chi connectivity index (χ4n) is 4.66. The minimum absolute atomic E-state index is 0.129. The van der Waals surface area contributed by atoms with Gasteiger partial charge in [0, 0.05) is 10.9 Å². The molecule has 4 rings (SSSR count). The largest absolute Gasteiger partial charge is 0.465 e. The fourth-order valence-corrected chi connectivity index (χ4v) is 4.79. The van der Waals surface area contributed by atoms with Crippen LogP contribution in [0.4, 0.5) is 5.69 Å². The second-order valence-corrected chi connectivity index (χ2v) is 8.56. The smallest absolute Gasteiger partial charge is 0.326 e. The van der Waals surface area contributed by atoms with Crippen molar-refractivity contribution in [2.24, 2.45) is 11.3 Å². The third-order valence-electron chi connectivity index (χ3n) is 6.13. The van der Waals surface area contributed by atoms with Crippen molar-refractivity contribution in [1.82, 2.24) is 0 Å². The number of anilines is 1. The van der Waals surface area contributed by atoms with Crippen LogP contribution in [0.25, 0.3) is 0 Å². The van der Waals surface area contributed by atoms with E-state index in [1.165, 1.54) is 0 Å². The molecule has 2 aliphatic rings. The Kier molecular flexibility index (Phi) is 7.22. The van der Waals surface area contributed by atoms with E-state index in [1.807, 2.05) is 30.3 Å². The zero-order chi connectivity index (χ0) is 23.4. The van der Waals surface area contributed by atoms with Gasteiger partial charge in [-0.1, -0.05) is 41.9 Å². The maximum Gasteiger partial charge on any atom is 0.326 e. The van der Waals surface area contributed by atoms with E-state index in [-0.39, 0.29) is 25.6 Å². The van der Waals surface area contributed by atoms with Gasteiger partial charge in [0.1, 0.15) is 6.04 Å². The minimum Gasteiger partial charge on any atom is -0.465 e. The van der Waals surface area contributed by atoms with Crippen LogP contribution in [0.5, 0.6) is 0 Å². The summed E-state index contributed by atoms with van der Waals surface area (Å²) in [4.78, 5) is 33.9. The minimum atomic E-state index is -1.68. The van der Waals surface area contributed by atoms with Crippen LogP contribution in [0.15, 0.2) is 54.6 Å². The predicted octanol–water partition coefficient (Wildman–Crippen LogP) is 4.70. The first-order valence-corrected chi connectivity index (χ1v) is 11.6. The topological polar surface area (TPSA) is 74.3 Å². The van der Waals surface area contributed by atoms with Crippen LogP contribution < -0.4 is 5.06 Å². The highest BCUT2D eigenvalue weighted by Crippen LogP contribution is 2.52. The summed E-state index contributed by atoms with van der Waals surface area (Å²) in [5, 5.41) is 2.14. The fraction of sp³-hybridized carbons (Fsp3) is 0.440. The lowest BCUT2D eigenvalue weighted by Crippen LogP contribution is -2.52. The van der Waals surface area contributed by atoms with Crippen LogP contribution in [-0.2, 0) is 28.6 Å². The van der Waals surface area contributed by atoms with Gasteiger partial charge in [0.25, 0.3) is 0 Å². The lowest BCUT2D eigenvalue weighted by atomic mass is 9.70. The predicted molar refractivity (Wildman–Crippen MR) is 122 cm³/mol. The van der Waals surface area contributed by atoms with Crippen molar-refractivity contribution in [3.05, 3.63) is 65.2 Å². The molecule has 0 aromatic heterocycles. The van der Waals surface area contributed by atoms with E-state index in [0.29, 0.717) is 29.3 Å². The molecule has 7 nitrogen and oxygen atoms in total. The van der Waals surface area contributed by atoms with Crippen LogP contribution in [-0.4, -0.2) is 38.0 Å². The number of rotatable bonds is 6. The molecule has 2 fully saturated rings. The lowest BCUT2D eigenvalue weighted by Gasteiger charge is -2.41. The summed E-state index contributed by atoms with van der Waals surface area (Å²) < 4.78 is 16.9. The standard InChI is InChI=1S/C25H28ClNO6/c1-3-30-23(28)25(24(29)31-4-2)16-18-14-15-32-22(18)33-27(20-8-6-5-7-9-20)21(25)17-10-12-19(26)13-11-17/h5-13,18,21-22H,3-4,14-16H2,1-2H3/t18-,21+,22+/m0/s1. The van der Waals surface area contributed by atoms with Crippen LogP contribution >= 0.6 is 11.6 Å². The van der Waals surface area contributed by atoms with Gasteiger partial charge < -0.3 is 14.2 Å². The second-order valence-electron chi connectivity index (χ2n) is 8.13. The number of hydrogen-bond donors (Lipinski definition) is 0. The molecule has 2 saturated heterocycles. The van der Waals surface area contributed by atoms with E-state index in [1.54, 1.807) is 43.2 Å². The maximum absolute atomic E-state index is 13.7. The second kappa shape index (κ2) is 10.1. The van der Waals surface area contributed by atoms with Crippen molar-refractivity contribution in [3.8, 4) is 0 Å². The van der Waals surface area contributed by atoms with Gasteiger partial charge in [-0.05, 0) is 56.5 Å². The Morgan fingerprint density at radius 3 is 2.27 bits per heavy atom. The number of nitrogens with zero attached hydrogens (tertiary/aromatic N) is 1. The molecule has 2 aliphatic heterocycles. The van der Waals surface area contributed by atoms with Crippen molar-refractivity contribution < 1.29 is 28.6 Å². The van der Waals surface area contributed by atoms with Crippen LogP contribution in [0.3, 0.4) is 0 Å². The summed E-state index contributed by atoms with van der Waals surface area (Å²) >= 11 is 6.16. The number of ether oxygens (including phenoxy) is 3. The first kappa shape index (κ1) is 23.5. The number of halogens is 1. The average molecular weight is 474 g/mol. The van der Waals surface area contributed by atoms with Crippen LogP contribution in [0, 0.1) is 11.3 Å². The molecule has 176 valence electrons. The quantitative estimate of drug-likeness (QED) is 0.444. The van der Waals surface area contributed by atoms with E-state index in [2.05, 4.69) is 0 Å². The van der Waals surface area contributed by atoms with Gasteiger partial charge >= 0.3 is 11.9 Å². The molecule has 2 heterocycles. The van der Waals surface area contributed by atoms with E-state index in [0.717, 1.165) is 0 Å². The Balaban J connectivity index is 1.98. The first-order valence-electron chi connectivity index (χ1n) is 11.2. The van der Waals surface area contributed by atoms with Gasteiger partial charge in [-0.3, -0.25) is 9.59 Å². The molecule has 0 aliphatic carbocycles. The zero-order valence-corrected chi connectivity index (χ0v) is 19.5. The Bertz CT molecular complexity index is 949. The van der Waals surface area contributed by atoms with Gasteiger partial charge in [0.2, 0.25) is 0 Å². The molecule has 2 aromatic carbocycles. The van der Waals surface area contributed by atoms with Gasteiger partial charge in [-0.25, -0.2) is 9.90 Å². The number of esters is 2. The molecule has 3 atom stereocenters. The number of benzene rings is 2. The number of hydrogen-bond acceptors (Lipinski definition) is 7. The van der Waals surface area contributed by atoms with Gasteiger partial charge in [0.15, 0.2) is 11.7 Å². The van der Waals surface area contributed by atoms with E-state index >= 15 is 0 Å². The molecule has 0 saturated carbocycles. The molecule has 2 aromatic rings. The Morgan fingerprint density at radius 2 is 1.67 bits per heavy atom. The van der Waals surface area contributed by atoms with Gasteiger partial charge in [-0.2, -0.15) is 0 Å². The molecular formula is C25H28ClNO6. The monoisotopic (exact) mass is 473 g/mol. The average Bonchev–Trinajstić information content (AvgIpc) is 3.20. The molecule has 33 heavy (non-hydrogen) atoms. The molecule has 0 amide bonds. The number of fused-ring (bicyclic) bond motifs is 1. The summed E-state index contributed by atoms with van der Waals surface area (Å²) in [7, 11) is 0. The molecule has 0 N–H and O–H groups in total. The van der Waals surface area contributed by atoms with Gasteiger partial charge in [-0.15, -0.1) is 0 Å². The lowest BCUT2D eigenvalue weighted by molar-refractivity contribution is -0.176. The van der Waals surface area contributed by atoms with Crippen LogP contribution in [0.1, 0.15) is 38.3 Å². The Labute approximate surface area is 198 Å². The summed E-state index contributed by atoms with van der Waals surface area (Å²) in [5.41, 5.74) is -0.334.